The summed E-state index contributed by atoms with van der Waals surface area (Å²) in [6, 6.07) is 10.5. The van der Waals surface area contributed by atoms with Crippen LogP contribution in [0, 0.1) is 6.92 Å². The van der Waals surface area contributed by atoms with Crippen LogP contribution in [0.2, 0.25) is 5.02 Å². The molecule has 1 unspecified atom stereocenters. The highest BCUT2D eigenvalue weighted by Crippen LogP contribution is 2.32. The largest absolute Gasteiger partial charge is 0.454 e. The molecule has 7 nitrogen and oxygen atoms in total. The minimum Gasteiger partial charge on any atom is -0.454 e. The predicted molar refractivity (Wildman–Crippen MR) is 107 cm³/mol. The summed E-state index contributed by atoms with van der Waals surface area (Å²) in [6.07, 6.45) is 0. The van der Waals surface area contributed by atoms with Crippen molar-refractivity contribution < 1.29 is 23.3 Å². The molecule has 1 aliphatic heterocycles. The zero-order valence-electron chi connectivity index (χ0n) is 15.1. The van der Waals surface area contributed by atoms with Crippen molar-refractivity contribution in [3.63, 3.8) is 0 Å². The van der Waals surface area contributed by atoms with Crippen LogP contribution in [0.1, 0.15) is 11.1 Å². The molecule has 2 N–H and O–H groups in total. The third kappa shape index (κ3) is 5.46. The van der Waals surface area contributed by atoms with E-state index in [1.807, 2.05) is 13.0 Å². The number of anilines is 1. The lowest BCUT2D eigenvalue weighted by Gasteiger charge is -2.08. The van der Waals surface area contributed by atoms with Gasteiger partial charge in [0.2, 0.25) is 18.6 Å². The predicted octanol–water partition coefficient (Wildman–Crippen LogP) is 2.38. The van der Waals surface area contributed by atoms with Crippen LogP contribution in [0.3, 0.4) is 0 Å². The highest BCUT2D eigenvalue weighted by molar-refractivity contribution is 7.86. The smallest absolute Gasteiger partial charge is 0.237 e. The van der Waals surface area contributed by atoms with Gasteiger partial charge < -0.3 is 20.1 Å². The third-order valence-electron chi connectivity index (χ3n) is 3.97. The van der Waals surface area contributed by atoms with Crippen molar-refractivity contribution in [1.29, 1.82) is 0 Å². The van der Waals surface area contributed by atoms with Crippen LogP contribution >= 0.6 is 11.6 Å². The van der Waals surface area contributed by atoms with Crippen molar-refractivity contribution in [3.05, 3.63) is 52.5 Å². The average Bonchev–Trinajstić information content (AvgIpc) is 3.10. The second-order valence-corrected chi connectivity index (χ2v) is 8.07. The van der Waals surface area contributed by atoms with Gasteiger partial charge in [-0.2, -0.15) is 0 Å². The number of halogens is 1. The van der Waals surface area contributed by atoms with Crippen LogP contribution in [0.15, 0.2) is 36.4 Å². The first kappa shape index (κ1) is 20.2. The fraction of sp³-hybridized carbons (Fsp3) is 0.263. The second kappa shape index (κ2) is 9.07. The lowest BCUT2D eigenvalue weighted by atomic mass is 10.2. The molecule has 0 aliphatic carbocycles. The fourth-order valence-electron chi connectivity index (χ4n) is 2.51. The van der Waals surface area contributed by atoms with E-state index in [1.54, 1.807) is 30.3 Å². The normalized spacial score (nSPS) is 13.1. The third-order valence-corrected chi connectivity index (χ3v) is 5.54. The molecule has 148 valence electrons. The van der Waals surface area contributed by atoms with E-state index in [9.17, 15) is 13.8 Å². The number of aryl methyl sites for hydroxylation is 1. The van der Waals surface area contributed by atoms with Crippen molar-refractivity contribution in [1.82, 2.24) is 5.32 Å². The number of carbonyl (C=O) groups is 2. The van der Waals surface area contributed by atoms with Crippen molar-refractivity contribution in [2.45, 2.75) is 13.5 Å². The van der Waals surface area contributed by atoms with Gasteiger partial charge in [-0.1, -0.05) is 23.7 Å². The Morgan fingerprint density at radius 3 is 2.61 bits per heavy atom. The van der Waals surface area contributed by atoms with Crippen LogP contribution in [-0.2, 0) is 26.9 Å². The Labute approximate surface area is 169 Å². The van der Waals surface area contributed by atoms with Crippen LogP contribution in [0.4, 0.5) is 5.69 Å². The molecule has 2 amide bonds. The highest BCUT2D eigenvalue weighted by atomic mass is 35.5. The van der Waals surface area contributed by atoms with Crippen molar-refractivity contribution in [2.24, 2.45) is 0 Å². The summed E-state index contributed by atoms with van der Waals surface area (Å²) in [5.74, 6) is -0.0838. The van der Waals surface area contributed by atoms with Gasteiger partial charge in [-0.25, -0.2) is 0 Å². The monoisotopic (exact) mass is 422 g/mol. The van der Waals surface area contributed by atoms with Crippen molar-refractivity contribution in [2.75, 3.05) is 23.6 Å². The standard InChI is InChI=1S/C19H19ClN2O5S/c1-12-2-4-14(7-15(12)20)22-19(24)10-28(25)9-18(23)21-8-13-3-5-16-17(6-13)27-11-26-16/h2-7H,8-11H2,1H3,(H,21,23)(H,22,24). The number of carbonyl (C=O) groups excluding carboxylic acids is 2. The zero-order chi connectivity index (χ0) is 20.1. The number of hydrogen-bond acceptors (Lipinski definition) is 5. The number of rotatable bonds is 7. The lowest BCUT2D eigenvalue weighted by Crippen LogP contribution is -2.30. The van der Waals surface area contributed by atoms with Crippen LogP contribution in [0.25, 0.3) is 0 Å². The molecule has 2 aromatic rings. The van der Waals surface area contributed by atoms with E-state index < -0.39 is 22.6 Å². The van der Waals surface area contributed by atoms with Gasteiger partial charge in [0, 0.05) is 28.1 Å². The van der Waals surface area contributed by atoms with E-state index >= 15 is 0 Å². The first-order valence-corrected chi connectivity index (χ1v) is 10.3. The van der Waals surface area contributed by atoms with Gasteiger partial charge in [0.05, 0.1) is 0 Å². The maximum absolute atomic E-state index is 12.1. The fourth-order valence-corrected chi connectivity index (χ4v) is 3.56. The van der Waals surface area contributed by atoms with Crippen molar-refractivity contribution >= 4 is 39.9 Å². The highest BCUT2D eigenvalue weighted by Gasteiger charge is 2.15. The number of fused-ring (bicyclic) bond motifs is 1. The quantitative estimate of drug-likeness (QED) is 0.714. The Morgan fingerprint density at radius 1 is 1.07 bits per heavy atom. The van der Waals surface area contributed by atoms with Crippen LogP contribution in [-0.4, -0.2) is 34.3 Å². The summed E-state index contributed by atoms with van der Waals surface area (Å²) in [7, 11) is -1.62. The maximum atomic E-state index is 12.1. The molecule has 0 bridgehead atoms. The Bertz CT molecular complexity index is 935. The zero-order valence-corrected chi connectivity index (χ0v) is 16.7. The van der Waals surface area contributed by atoms with Gasteiger partial charge >= 0.3 is 0 Å². The molecular weight excluding hydrogens is 404 g/mol. The summed E-state index contributed by atoms with van der Waals surface area (Å²) < 4.78 is 22.6. The van der Waals surface area contributed by atoms with Crippen LogP contribution < -0.4 is 20.1 Å². The van der Waals surface area contributed by atoms with E-state index in [-0.39, 0.29) is 24.8 Å². The van der Waals surface area contributed by atoms with E-state index in [0.717, 1.165) is 11.1 Å². The molecule has 0 radical (unpaired) electrons. The molecule has 1 heterocycles. The number of amides is 2. The summed E-state index contributed by atoms with van der Waals surface area (Å²) in [6.45, 7) is 2.30. The number of hydrogen-bond donors (Lipinski definition) is 2. The second-order valence-electron chi connectivity index (χ2n) is 6.20. The average molecular weight is 423 g/mol. The molecule has 0 saturated carbocycles. The first-order chi connectivity index (χ1) is 13.4. The number of nitrogens with one attached hydrogen (secondary N) is 2. The minimum atomic E-state index is -1.62. The van der Waals surface area contributed by atoms with E-state index in [0.29, 0.717) is 22.2 Å². The topological polar surface area (TPSA) is 93.7 Å². The first-order valence-electron chi connectivity index (χ1n) is 8.47. The molecule has 0 saturated heterocycles. The lowest BCUT2D eigenvalue weighted by molar-refractivity contribution is -0.118. The summed E-state index contributed by atoms with van der Waals surface area (Å²) >= 11 is 6.01. The van der Waals surface area contributed by atoms with Gasteiger partial charge in [-0.05, 0) is 42.3 Å². The molecule has 2 aromatic carbocycles. The van der Waals surface area contributed by atoms with Crippen molar-refractivity contribution in [3.8, 4) is 11.5 Å². The van der Waals surface area contributed by atoms with Gasteiger partial charge in [0.1, 0.15) is 11.5 Å². The molecule has 28 heavy (non-hydrogen) atoms. The number of benzene rings is 2. The SMILES string of the molecule is Cc1ccc(NC(=O)CS(=O)CC(=O)NCc2ccc3c(c2)OCO3)cc1Cl. The molecule has 1 atom stereocenters. The van der Waals surface area contributed by atoms with Gasteiger partial charge in [0.15, 0.2) is 11.5 Å². The van der Waals surface area contributed by atoms with Crippen LogP contribution in [0.5, 0.6) is 11.5 Å². The van der Waals surface area contributed by atoms with E-state index in [4.69, 9.17) is 21.1 Å². The Morgan fingerprint density at radius 2 is 1.82 bits per heavy atom. The summed E-state index contributed by atoms with van der Waals surface area (Å²) in [5, 5.41) is 5.83. The van der Waals surface area contributed by atoms with Gasteiger partial charge in [-0.3, -0.25) is 13.8 Å². The molecule has 0 spiro atoms. The number of ether oxygens (including phenoxy) is 2. The molecule has 0 fully saturated rings. The summed E-state index contributed by atoms with van der Waals surface area (Å²) in [4.78, 5) is 24.0. The molecular formula is C19H19ClN2O5S. The Kier molecular flexibility index (Phi) is 6.53. The minimum absolute atomic E-state index is 0.182. The molecule has 1 aliphatic rings. The molecule has 9 heteroatoms. The Hall–Kier alpha value is -2.58. The van der Waals surface area contributed by atoms with Gasteiger partial charge in [0.25, 0.3) is 0 Å². The molecule has 0 aromatic heterocycles. The maximum Gasteiger partial charge on any atom is 0.237 e. The van der Waals surface area contributed by atoms with E-state index in [1.165, 1.54) is 0 Å². The summed E-state index contributed by atoms with van der Waals surface area (Å²) in [5.41, 5.74) is 2.24. The van der Waals surface area contributed by atoms with E-state index in [2.05, 4.69) is 10.6 Å². The Balaban J connectivity index is 1.43. The van der Waals surface area contributed by atoms with Gasteiger partial charge in [-0.15, -0.1) is 0 Å². The molecule has 3 rings (SSSR count).